The number of amides is 2. The van der Waals surface area contributed by atoms with Crippen LogP contribution in [-0.4, -0.2) is 31.4 Å². The van der Waals surface area contributed by atoms with Gasteiger partial charge in [0.1, 0.15) is 6.54 Å². The highest BCUT2D eigenvalue weighted by Crippen LogP contribution is 2.33. The first-order chi connectivity index (χ1) is 10.8. The molecule has 1 heterocycles. The van der Waals surface area contributed by atoms with E-state index in [4.69, 9.17) is 5.73 Å². The molecule has 23 heavy (non-hydrogen) atoms. The molecule has 0 atom stereocenters. The summed E-state index contributed by atoms with van der Waals surface area (Å²) in [7, 11) is 1.28. The van der Waals surface area contributed by atoms with Crippen LogP contribution in [0.5, 0.6) is 0 Å². The molecule has 0 radical (unpaired) electrons. The molecule has 2 amide bonds. The summed E-state index contributed by atoms with van der Waals surface area (Å²) in [6.45, 7) is 3.61. The lowest BCUT2D eigenvalue weighted by Gasteiger charge is -2.22. The molecule has 1 aliphatic heterocycles. The molecule has 0 fully saturated rings. The summed E-state index contributed by atoms with van der Waals surface area (Å²) in [6.07, 6.45) is 1.21. The van der Waals surface area contributed by atoms with Gasteiger partial charge in [-0.1, -0.05) is 0 Å². The largest absolute Gasteiger partial charge is 0.469 e. The first-order valence-corrected chi connectivity index (χ1v) is 7.07. The van der Waals surface area contributed by atoms with Crippen LogP contribution >= 0.6 is 0 Å². The van der Waals surface area contributed by atoms with Crippen LogP contribution in [0.1, 0.15) is 17.5 Å². The van der Waals surface area contributed by atoms with Crippen molar-refractivity contribution in [3.63, 3.8) is 0 Å². The number of carbonyl (C=O) groups excluding carboxylic acids is 3. The van der Waals surface area contributed by atoms with E-state index in [-0.39, 0.29) is 13.0 Å². The van der Waals surface area contributed by atoms with Crippen molar-refractivity contribution in [1.29, 1.82) is 0 Å². The molecular formula is C16H19N3O4. The number of anilines is 2. The maximum atomic E-state index is 12.4. The Kier molecular flexibility index (Phi) is 4.68. The monoisotopic (exact) mass is 317 g/mol. The van der Waals surface area contributed by atoms with Crippen LogP contribution in [0.3, 0.4) is 0 Å². The summed E-state index contributed by atoms with van der Waals surface area (Å²) in [4.78, 5) is 36.5. The summed E-state index contributed by atoms with van der Waals surface area (Å²) >= 11 is 0. The number of carbonyl (C=O) groups is 3. The second kappa shape index (κ2) is 6.51. The Balaban J connectivity index is 2.50. The number of nitrogens with one attached hydrogen (secondary N) is 1. The predicted molar refractivity (Wildman–Crippen MR) is 85.8 cm³/mol. The fourth-order valence-corrected chi connectivity index (χ4v) is 2.32. The summed E-state index contributed by atoms with van der Waals surface area (Å²) in [5, 5.41) is 3.07. The number of hydrogen-bond donors (Lipinski definition) is 2. The van der Waals surface area contributed by atoms with E-state index in [1.165, 1.54) is 18.1 Å². The number of nitrogens with two attached hydrogens (primary N) is 1. The molecule has 3 N–H and O–H groups in total. The Hall–Kier alpha value is -2.83. The van der Waals surface area contributed by atoms with Crippen molar-refractivity contribution >= 4 is 29.2 Å². The van der Waals surface area contributed by atoms with E-state index in [2.05, 4.69) is 10.1 Å². The molecule has 7 nitrogen and oxygen atoms in total. The van der Waals surface area contributed by atoms with Crippen LogP contribution in [0.4, 0.5) is 11.4 Å². The molecule has 0 saturated carbocycles. The standard InChI is InChI=1S/C16H19N3O4/c1-9-4-12-13(5-10(9)2)19(8-14(17)20)15(21)6-11(18-12)7-16(22)23-3/h4-6,18H,7-8H2,1-3H3,(H2,17,20). The third-order valence-corrected chi connectivity index (χ3v) is 3.64. The second-order valence-corrected chi connectivity index (χ2v) is 5.39. The number of primary amides is 1. The Labute approximate surface area is 134 Å². The van der Waals surface area contributed by atoms with Gasteiger partial charge in [-0.25, -0.2) is 0 Å². The number of fused-ring (bicyclic) bond motifs is 1. The number of ether oxygens (including phenoxy) is 1. The fraction of sp³-hybridized carbons (Fsp3) is 0.312. The molecule has 1 aliphatic rings. The number of nitrogens with zero attached hydrogens (tertiary/aromatic N) is 1. The highest BCUT2D eigenvalue weighted by molar-refractivity contribution is 6.09. The van der Waals surface area contributed by atoms with E-state index in [1.807, 2.05) is 26.0 Å². The van der Waals surface area contributed by atoms with E-state index in [1.54, 1.807) is 0 Å². The summed E-state index contributed by atoms with van der Waals surface area (Å²) in [6, 6.07) is 3.68. The van der Waals surface area contributed by atoms with Gasteiger partial charge in [-0.15, -0.1) is 0 Å². The fourth-order valence-electron chi connectivity index (χ4n) is 2.32. The first kappa shape index (κ1) is 16.5. The van der Waals surface area contributed by atoms with E-state index in [0.717, 1.165) is 11.1 Å². The first-order valence-electron chi connectivity index (χ1n) is 7.07. The van der Waals surface area contributed by atoms with Gasteiger partial charge in [-0.3, -0.25) is 19.3 Å². The molecule has 1 aromatic carbocycles. The lowest BCUT2D eigenvalue weighted by molar-refractivity contribution is -0.139. The Bertz CT molecular complexity index is 710. The number of aryl methyl sites for hydroxylation is 2. The number of esters is 1. The van der Waals surface area contributed by atoms with E-state index in [9.17, 15) is 14.4 Å². The molecule has 2 rings (SSSR count). The van der Waals surface area contributed by atoms with Gasteiger partial charge in [0.05, 0.1) is 24.9 Å². The van der Waals surface area contributed by atoms with Crippen molar-refractivity contribution in [1.82, 2.24) is 0 Å². The van der Waals surface area contributed by atoms with Crippen molar-refractivity contribution < 1.29 is 19.1 Å². The van der Waals surface area contributed by atoms with Gasteiger partial charge in [-0.2, -0.15) is 0 Å². The van der Waals surface area contributed by atoms with Crippen LogP contribution in [0.15, 0.2) is 23.9 Å². The van der Waals surface area contributed by atoms with Gasteiger partial charge in [0, 0.05) is 11.8 Å². The average Bonchev–Trinajstić information content (AvgIpc) is 2.58. The minimum atomic E-state index is -0.618. The maximum Gasteiger partial charge on any atom is 0.311 e. The molecule has 0 aromatic heterocycles. The Morgan fingerprint density at radius 1 is 1.26 bits per heavy atom. The Morgan fingerprint density at radius 3 is 2.52 bits per heavy atom. The van der Waals surface area contributed by atoms with Gasteiger partial charge < -0.3 is 15.8 Å². The van der Waals surface area contributed by atoms with Crippen molar-refractivity contribution in [3.8, 4) is 0 Å². The molecule has 0 spiro atoms. The third-order valence-electron chi connectivity index (χ3n) is 3.64. The molecule has 0 aliphatic carbocycles. The maximum absolute atomic E-state index is 12.4. The molecule has 0 unspecified atom stereocenters. The van der Waals surface area contributed by atoms with E-state index >= 15 is 0 Å². The quantitative estimate of drug-likeness (QED) is 0.807. The predicted octanol–water partition coefficient (Wildman–Crippen LogP) is 0.994. The van der Waals surface area contributed by atoms with Crippen LogP contribution in [0.2, 0.25) is 0 Å². The second-order valence-electron chi connectivity index (χ2n) is 5.39. The van der Waals surface area contributed by atoms with Gasteiger partial charge in [0.15, 0.2) is 0 Å². The number of methoxy groups -OCH3 is 1. The summed E-state index contributed by atoms with van der Waals surface area (Å²) in [5.41, 5.74) is 8.83. The zero-order valence-electron chi connectivity index (χ0n) is 13.3. The smallest absolute Gasteiger partial charge is 0.311 e. The molecule has 7 heteroatoms. The highest BCUT2D eigenvalue weighted by Gasteiger charge is 2.25. The minimum absolute atomic E-state index is 0.0704. The van der Waals surface area contributed by atoms with Crippen LogP contribution < -0.4 is 16.0 Å². The zero-order valence-corrected chi connectivity index (χ0v) is 13.3. The van der Waals surface area contributed by atoms with Gasteiger partial charge >= 0.3 is 5.97 Å². The van der Waals surface area contributed by atoms with Crippen molar-refractivity contribution in [2.75, 3.05) is 23.9 Å². The van der Waals surface area contributed by atoms with Gasteiger partial charge in [-0.05, 0) is 37.1 Å². The van der Waals surface area contributed by atoms with Crippen molar-refractivity contribution in [2.24, 2.45) is 5.73 Å². The summed E-state index contributed by atoms with van der Waals surface area (Å²) < 4.78 is 4.63. The van der Waals surface area contributed by atoms with Crippen LogP contribution in [0.25, 0.3) is 0 Å². The van der Waals surface area contributed by atoms with Crippen molar-refractivity contribution in [2.45, 2.75) is 20.3 Å². The SMILES string of the molecule is COC(=O)CC1=CC(=O)N(CC(N)=O)c2cc(C)c(C)cc2N1. The zero-order chi connectivity index (χ0) is 17.1. The molecule has 122 valence electrons. The van der Waals surface area contributed by atoms with E-state index < -0.39 is 17.8 Å². The van der Waals surface area contributed by atoms with Crippen molar-refractivity contribution in [3.05, 3.63) is 35.0 Å². The molecule has 0 bridgehead atoms. The Morgan fingerprint density at radius 2 is 1.91 bits per heavy atom. The molecule has 0 saturated heterocycles. The number of benzene rings is 1. The number of hydrogen-bond acceptors (Lipinski definition) is 5. The van der Waals surface area contributed by atoms with Gasteiger partial charge in [0.25, 0.3) is 5.91 Å². The topological polar surface area (TPSA) is 102 Å². The van der Waals surface area contributed by atoms with Crippen LogP contribution in [-0.2, 0) is 19.1 Å². The van der Waals surface area contributed by atoms with E-state index in [0.29, 0.717) is 17.1 Å². The number of rotatable bonds is 4. The van der Waals surface area contributed by atoms with Gasteiger partial charge in [0.2, 0.25) is 5.91 Å². The lowest BCUT2D eigenvalue weighted by Crippen LogP contribution is -2.37. The third kappa shape index (κ3) is 3.68. The average molecular weight is 317 g/mol. The highest BCUT2D eigenvalue weighted by atomic mass is 16.5. The lowest BCUT2D eigenvalue weighted by atomic mass is 10.1. The molecule has 1 aromatic rings. The minimum Gasteiger partial charge on any atom is -0.469 e. The summed E-state index contributed by atoms with van der Waals surface area (Å²) in [5.74, 6) is -1.50. The van der Waals surface area contributed by atoms with Crippen LogP contribution in [0, 0.1) is 13.8 Å². The molecular weight excluding hydrogens is 298 g/mol. The normalized spacial score (nSPS) is 13.6.